The quantitative estimate of drug-likeness (QED) is 0.504. The molecule has 0 N–H and O–H groups in total. The number of ketones is 1. The molecule has 3 aromatic rings. The molecule has 0 saturated heterocycles. The molecule has 0 amide bonds. The van der Waals surface area contributed by atoms with Crippen molar-refractivity contribution in [3.8, 4) is 5.69 Å². The minimum absolute atomic E-state index is 0.0602. The van der Waals surface area contributed by atoms with Crippen LogP contribution in [0.5, 0.6) is 0 Å². The van der Waals surface area contributed by atoms with E-state index in [9.17, 15) is 9.59 Å². The Labute approximate surface area is 154 Å². The summed E-state index contributed by atoms with van der Waals surface area (Å²) in [5, 5.41) is 1.25. The fourth-order valence-electron chi connectivity index (χ4n) is 2.81. The maximum Gasteiger partial charge on any atom is 0.267 e. The first-order valence-electron chi connectivity index (χ1n) is 8.02. The average molecular weight is 373 g/mol. The van der Waals surface area contributed by atoms with Crippen molar-refractivity contribution >= 4 is 39.1 Å². The van der Waals surface area contributed by atoms with Crippen molar-refractivity contribution in [2.45, 2.75) is 39.8 Å². The molecule has 1 aromatic carbocycles. The van der Waals surface area contributed by atoms with Crippen LogP contribution in [0.3, 0.4) is 0 Å². The Bertz CT molecular complexity index is 1050. The molecule has 0 bridgehead atoms. The Kier molecular flexibility index (Phi) is 4.84. The number of fused-ring (bicyclic) bond motifs is 1. The van der Waals surface area contributed by atoms with Gasteiger partial charge in [0, 0.05) is 4.88 Å². The van der Waals surface area contributed by atoms with E-state index in [1.807, 2.05) is 39.8 Å². The average Bonchev–Trinajstić information content (AvgIpc) is 2.81. The van der Waals surface area contributed by atoms with Gasteiger partial charge in [0.25, 0.3) is 5.56 Å². The standard InChI is InChI=1S/C19H20N2O2S2/c1-10-6-7-15(11(2)8-10)21-18(23)16-13(4)14(5)25-17(16)20-19(21)24-9-12(3)22/h6-8H,9H2,1-5H3. The highest BCUT2D eigenvalue weighted by atomic mass is 32.2. The summed E-state index contributed by atoms with van der Waals surface area (Å²) in [7, 11) is 0. The second kappa shape index (κ2) is 6.77. The van der Waals surface area contributed by atoms with Crippen LogP contribution in [0.4, 0.5) is 0 Å². The number of carbonyl (C=O) groups is 1. The molecule has 0 atom stereocenters. The fraction of sp³-hybridized carbons (Fsp3) is 0.316. The Morgan fingerprint density at radius 3 is 2.60 bits per heavy atom. The van der Waals surface area contributed by atoms with Crippen molar-refractivity contribution in [2.24, 2.45) is 0 Å². The van der Waals surface area contributed by atoms with Gasteiger partial charge in [0.05, 0.1) is 16.8 Å². The lowest BCUT2D eigenvalue weighted by Crippen LogP contribution is -2.22. The molecule has 0 aliphatic rings. The van der Waals surface area contributed by atoms with Crippen molar-refractivity contribution in [3.63, 3.8) is 0 Å². The molecule has 4 nitrogen and oxygen atoms in total. The lowest BCUT2D eigenvalue weighted by molar-refractivity contribution is -0.114. The molecule has 0 unspecified atom stereocenters. The Hall–Kier alpha value is -1.92. The van der Waals surface area contributed by atoms with Crippen molar-refractivity contribution in [1.82, 2.24) is 9.55 Å². The zero-order chi connectivity index (χ0) is 18.3. The molecule has 0 fully saturated rings. The molecular formula is C19H20N2O2S2. The highest BCUT2D eigenvalue weighted by molar-refractivity contribution is 7.99. The zero-order valence-electron chi connectivity index (χ0n) is 15.0. The zero-order valence-corrected chi connectivity index (χ0v) is 16.6. The fourth-order valence-corrected chi connectivity index (χ4v) is 4.68. The molecule has 3 rings (SSSR count). The summed E-state index contributed by atoms with van der Waals surface area (Å²) in [6.07, 6.45) is 0. The first-order valence-corrected chi connectivity index (χ1v) is 9.82. The first-order chi connectivity index (χ1) is 11.8. The minimum Gasteiger partial charge on any atom is -0.299 e. The van der Waals surface area contributed by atoms with E-state index in [0.717, 1.165) is 32.1 Å². The number of hydrogen-bond acceptors (Lipinski definition) is 5. The molecule has 0 aliphatic carbocycles. The summed E-state index contributed by atoms with van der Waals surface area (Å²) in [4.78, 5) is 31.3. The van der Waals surface area contributed by atoms with Gasteiger partial charge in [-0.2, -0.15) is 0 Å². The van der Waals surface area contributed by atoms with Gasteiger partial charge in [-0.15, -0.1) is 11.3 Å². The summed E-state index contributed by atoms with van der Waals surface area (Å²) < 4.78 is 1.66. The number of Topliss-reactive ketones (excluding diaryl/α,β-unsaturated/α-hetero) is 1. The normalized spacial score (nSPS) is 11.2. The van der Waals surface area contributed by atoms with Crippen molar-refractivity contribution in [3.05, 3.63) is 50.1 Å². The summed E-state index contributed by atoms with van der Waals surface area (Å²) in [6.45, 7) is 9.53. The van der Waals surface area contributed by atoms with Crippen LogP contribution in [0.2, 0.25) is 0 Å². The highest BCUT2D eigenvalue weighted by Crippen LogP contribution is 2.30. The van der Waals surface area contributed by atoms with Crippen LogP contribution in [-0.2, 0) is 4.79 Å². The molecule has 2 heterocycles. The molecule has 0 saturated carbocycles. The number of nitrogens with zero attached hydrogens (tertiary/aromatic N) is 2. The molecule has 0 radical (unpaired) electrons. The van der Waals surface area contributed by atoms with Gasteiger partial charge in [-0.25, -0.2) is 4.98 Å². The van der Waals surface area contributed by atoms with Crippen LogP contribution in [0, 0.1) is 27.7 Å². The van der Waals surface area contributed by atoms with Gasteiger partial charge in [-0.3, -0.25) is 14.2 Å². The Balaban J connectivity index is 2.35. The van der Waals surface area contributed by atoms with Crippen LogP contribution < -0.4 is 5.56 Å². The monoisotopic (exact) mass is 372 g/mol. The number of hydrogen-bond donors (Lipinski definition) is 0. The lowest BCUT2D eigenvalue weighted by atomic mass is 10.1. The summed E-state index contributed by atoms with van der Waals surface area (Å²) in [5.41, 5.74) is 3.89. The third kappa shape index (κ3) is 3.28. The summed E-state index contributed by atoms with van der Waals surface area (Å²) in [6, 6.07) is 5.99. The van der Waals surface area contributed by atoms with E-state index in [1.54, 1.807) is 11.5 Å². The van der Waals surface area contributed by atoms with Crippen LogP contribution in [0.15, 0.2) is 28.2 Å². The Morgan fingerprint density at radius 1 is 1.24 bits per heavy atom. The number of aromatic nitrogens is 2. The van der Waals surface area contributed by atoms with E-state index < -0.39 is 0 Å². The second-order valence-electron chi connectivity index (χ2n) is 6.28. The topological polar surface area (TPSA) is 52.0 Å². The van der Waals surface area contributed by atoms with E-state index in [4.69, 9.17) is 4.98 Å². The molecule has 130 valence electrons. The van der Waals surface area contributed by atoms with E-state index in [0.29, 0.717) is 16.3 Å². The van der Waals surface area contributed by atoms with Gasteiger partial charge >= 0.3 is 0 Å². The largest absolute Gasteiger partial charge is 0.299 e. The van der Waals surface area contributed by atoms with Gasteiger partial charge in [0.1, 0.15) is 10.6 Å². The number of benzene rings is 1. The van der Waals surface area contributed by atoms with Gasteiger partial charge < -0.3 is 0 Å². The van der Waals surface area contributed by atoms with E-state index in [2.05, 4.69) is 6.07 Å². The summed E-state index contributed by atoms with van der Waals surface area (Å²) >= 11 is 2.85. The molecule has 2 aromatic heterocycles. The third-order valence-corrected chi connectivity index (χ3v) is 6.35. The number of rotatable bonds is 4. The number of thiophene rings is 1. The molecular weight excluding hydrogens is 352 g/mol. The molecule has 0 spiro atoms. The van der Waals surface area contributed by atoms with Crippen LogP contribution >= 0.6 is 23.1 Å². The van der Waals surface area contributed by atoms with Crippen molar-refractivity contribution in [1.29, 1.82) is 0 Å². The molecule has 25 heavy (non-hydrogen) atoms. The predicted octanol–water partition coefficient (Wildman–Crippen LogP) is 4.36. The van der Waals surface area contributed by atoms with Crippen LogP contribution in [0.1, 0.15) is 28.5 Å². The maximum atomic E-state index is 13.3. The Morgan fingerprint density at radius 2 is 1.96 bits per heavy atom. The van der Waals surface area contributed by atoms with Gasteiger partial charge in [0.15, 0.2) is 5.16 Å². The third-order valence-electron chi connectivity index (χ3n) is 4.17. The van der Waals surface area contributed by atoms with E-state index in [1.165, 1.54) is 23.1 Å². The van der Waals surface area contributed by atoms with Crippen LogP contribution in [0.25, 0.3) is 15.9 Å². The van der Waals surface area contributed by atoms with Gasteiger partial charge in [-0.1, -0.05) is 29.5 Å². The van der Waals surface area contributed by atoms with Gasteiger partial charge in [-0.05, 0) is 51.8 Å². The minimum atomic E-state index is -0.0649. The number of carbonyl (C=O) groups excluding carboxylic acids is 1. The smallest absolute Gasteiger partial charge is 0.267 e. The predicted molar refractivity (Wildman–Crippen MR) is 106 cm³/mol. The first kappa shape index (κ1) is 17.9. The van der Waals surface area contributed by atoms with Gasteiger partial charge in [0.2, 0.25) is 0 Å². The van der Waals surface area contributed by atoms with Crippen molar-refractivity contribution < 1.29 is 4.79 Å². The SMILES string of the molecule is CC(=O)CSc1nc2sc(C)c(C)c2c(=O)n1-c1ccc(C)cc1C. The number of aryl methyl sites for hydroxylation is 4. The van der Waals surface area contributed by atoms with E-state index in [-0.39, 0.29) is 11.3 Å². The van der Waals surface area contributed by atoms with Crippen LogP contribution in [-0.4, -0.2) is 21.1 Å². The highest BCUT2D eigenvalue weighted by Gasteiger charge is 2.19. The van der Waals surface area contributed by atoms with Crippen molar-refractivity contribution in [2.75, 3.05) is 5.75 Å². The molecule has 6 heteroatoms. The summed E-state index contributed by atoms with van der Waals surface area (Å²) in [5.74, 6) is 0.358. The van der Waals surface area contributed by atoms with E-state index >= 15 is 0 Å². The number of thioether (sulfide) groups is 1. The second-order valence-corrected chi connectivity index (χ2v) is 8.42. The maximum absolute atomic E-state index is 13.3. The lowest BCUT2D eigenvalue weighted by Gasteiger charge is -2.14. The molecule has 0 aliphatic heterocycles.